The number of nitrogens with zero attached hydrogens (tertiary/aromatic N) is 1. The van der Waals surface area contributed by atoms with Crippen molar-refractivity contribution >= 4 is 11.9 Å². The number of aliphatic carboxylic acids is 1. The summed E-state index contributed by atoms with van der Waals surface area (Å²) >= 11 is 0. The number of carboxylic acids is 1. The van der Waals surface area contributed by atoms with Crippen molar-refractivity contribution in [2.75, 3.05) is 13.2 Å². The molecule has 2 N–H and O–H groups in total. The van der Waals surface area contributed by atoms with Crippen molar-refractivity contribution in [3.05, 3.63) is 0 Å². The first-order valence-electron chi connectivity index (χ1n) is 11.0. The van der Waals surface area contributed by atoms with Gasteiger partial charge in [0.1, 0.15) is 0 Å². The number of carbonyl (C=O) groups is 2. The van der Waals surface area contributed by atoms with E-state index >= 15 is 0 Å². The van der Waals surface area contributed by atoms with Crippen LogP contribution in [0.25, 0.3) is 0 Å². The van der Waals surface area contributed by atoms with Crippen molar-refractivity contribution in [1.82, 2.24) is 4.90 Å². The number of aliphatic hydroxyl groups excluding tert-OH is 1. The highest BCUT2D eigenvalue weighted by Gasteiger charge is 2.62. The molecule has 0 radical (unpaired) electrons. The summed E-state index contributed by atoms with van der Waals surface area (Å²) in [6.07, 6.45) is 8.44. The Bertz CT molecular complexity index is 621. The minimum Gasteiger partial charge on any atom is -0.481 e. The smallest absolute Gasteiger partial charge is 0.307 e. The Kier molecular flexibility index (Phi) is 4.81. The third-order valence-corrected chi connectivity index (χ3v) is 9.25. The fourth-order valence-corrected chi connectivity index (χ4v) is 7.92. The van der Waals surface area contributed by atoms with E-state index in [1.807, 2.05) is 0 Å². The molecule has 1 saturated heterocycles. The van der Waals surface area contributed by atoms with Gasteiger partial charge >= 0.3 is 5.97 Å². The van der Waals surface area contributed by atoms with E-state index in [0.717, 1.165) is 44.9 Å². The number of carbonyl (C=O) groups excluding carboxylic acids is 1. The van der Waals surface area contributed by atoms with E-state index in [0.29, 0.717) is 43.2 Å². The lowest BCUT2D eigenvalue weighted by molar-refractivity contribution is -0.165. The molecule has 0 spiro atoms. The van der Waals surface area contributed by atoms with Gasteiger partial charge in [0.05, 0.1) is 5.92 Å². The number of hydrogen-bond donors (Lipinski definition) is 2. The molecule has 0 aromatic rings. The average molecular weight is 378 g/mol. The van der Waals surface area contributed by atoms with Gasteiger partial charge in [0.25, 0.3) is 0 Å². The fraction of sp³-hybridized carbons (Fsp3) is 0.909. The molecule has 3 aliphatic carbocycles. The van der Waals surface area contributed by atoms with Crippen LogP contribution in [0.3, 0.4) is 0 Å². The predicted octanol–water partition coefficient (Wildman–Crippen LogP) is 3.30. The quantitative estimate of drug-likeness (QED) is 0.788. The highest BCUT2D eigenvalue weighted by molar-refractivity contribution is 5.77. The van der Waals surface area contributed by atoms with E-state index in [1.165, 1.54) is 0 Å². The van der Waals surface area contributed by atoms with Crippen molar-refractivity contribution in [3.63, 3.8) is 0 Å². The molecule has 4 aliphatic rings. The third kappa shape index (κ3) is 2.75. The maximum Gasteiger partial charge on any atom is 0.307 e. The molecule has 4 rings (SSSR count). The zero-order valence-corrected chi connectivity index (χ0v) is 16.8. The van der Waals surface area contributed by atoms with Gasteiger partial charge in [-0.15, -0.1) is 0 Å². The maximum atomic E-state index is 12.6. The summed E-state index contributed by atoms with van der Waals surface area (Å²) in [5.74, 6) is 1.23. The molecule has 0 aromatic heterocycles. The molecule has 4 fully saturated rings. The Morgan fingerprint density at radius 2 is 1.81 bits per heavy atom. The second-order valence-electron chi connectivity index (χ2n) is 10.2. The molecule has 0 bridgehead atoms. The predicted molar refractivity (Wildman–Crippen MR) is 102 cm³/mol. The summed E-state index contributed by atoms with van der Waals surface area (Å²) in [5.41, 5.74) is 0.103. The molecule has 5 nitrogen and oxygen atoms in total. The zero-order chi connectivity index (χ0) is 19.4. The first-order chi connectivity index (χ1) is 12.8. The van der Waals surface area contributed by atoms with Crippen molar-refractivity contribution in [3.8, 4) is 0 Å². The molecule has 27 heavy (non-hydrogen) atoms. The van der Waals surface area contributed by atoms with Crippen LogP contribution < -0.4 is 0 Å². The van der Waals surface area contributed by atoms with E-state index in [-0.39, 0.29) is 29.3 Å². The number of fused-ring (bicyclic) bond motifs is 5. The van der Waals surface area contributed by atoms with Crippen LogP contribution in [0, 0.1) is 34.5 Å². The standard InChI is InChI=1S/C22H35NO4/c1-21-10-8-16-14(15(21)5-6-17(21)20(26)27)4-7-18-22(16,2)11-9-19(25)23(18)12-3-13-24/h14-18,24H,3-13H2,1-2H3,(H,26,27)/t14-,15-,16-,17+,18+,21-,22+/m0/s1. The van der Waals surface area contributed by atoms with Gasteiger partial charge in [-0.2, -0.15) is 0 Å². The molecule has 1 heterocycles. The van der Waals surface area contributed by atoms with Gasteiger partial charge < -0.3 is 15.1 Å². The summed E-state index contributed by atoms with van der Waals surface area (Å²) in [4.78, 5) is 26.5. The zero-order valence-electron chi connectivity index (χ0n) is 16.8. The highest BCUT2D eigenvalue weighted by Crippen LogP contribution is 2.66. The van der Waals surface area contributed by atoms with E-state index in [2.05, 4.69) is 18.7 Å². The Balaban J connectivity index is 1.60. The van der Waals surface area contributed by atoms with Crippen molar-refractivity contribution < 1.29 is 19.8 Å². The molecule has 1 amide bonds. The van der Waals surface area contributed by atoms with Crippen LogP contribution in [0.5, 0.6) is 0 Å². The number of aliphatic hydroxyl groups is 1. The molecular formula is C22H35NO4. The van der Waals surface area contributed by atoms with Crippen LogP contribution in [0.2, 0.25) is 0 Å². The Morgan fingerprint density at radius 3 is 2.52 bits per heavy atom. The number of amides is 1. The molecular weight excluding hydrogens is 342 g/mol. The number of hydrogen-bond acceptors (Lipinski definition) is 3. The molecule has 152 valence electrons. The molecule has 3 saturated carbocycles. The Labute approximate surface area is 162 Å². The van der Waals surface area contributed by atoms with Gasteiger partial charge in [-0.25, -0.2) is 0 Å². The first-order valence-corrected chi connectivity index (χ1v) is 11.0. The highest BCUT2D eigenvalue weighted by atomic mass is 16.4. The SMILES string of the molecule is C[C@]12CC[C@H]3[C@@H](CC[C@H]4N(CCCO)C(=O)CC[C@]34C)[C@@H]1CC[C@@H]2C(=O)O. The number of piperidine rings is 1. The summed E-state index contributed by atoms with van der Waals surface area (Å²) in [7, 11) is 0. The average Bonchev–Trinajstić information content (AvgIpc) is 2.99. The van der Waals surface area contributed by atoms with Crippen molar-refractivity contribution in [1.29, 1.82) is 0 Å². The molecule has 5 heteroatoms. The largest absolute Gasteiger partial charge is 0.481 e. The van der Waals surface area contributed by atoms with Gasteiger partial charge in [0.15, 0.2) is 0 Å². The fourth-order valence-electron chi connectivity index (χ4n) is 7.92. The van der Waals surface area contributed by atoms with E-state index in [9.17, 15) is 19.8 Å². The second-order valence-corrected chi connectivity index (χ2v) is 10.2. The van der Waals surface area contributed by atoms with E-state index in [4.69, 9.17) is 0 Å². The lowest BCUT2D eigenvalue weighted by atomic mass is 9.47. The molecule has 1 aliphatic heterocycles. The minimum absolute atomic E-state index is 0.0444. The normalized spacial score (nSPS) is 46.6. The van der Waals surface area contributed by atoms with Gasteiger partial charge in [-0.05, 0) is 80.0 Å². The number of carboxylic acid groups (broad SMARTS) is 1. The van der Waals surface area contributed by atoms with Gasteiger partial charge in [-0.3, -0.25) is 9.59 Å². The summed E-state index contributed by atoms with van der Waals surface area (Å²) in [6.45, 7) is 5.46. The molecule has 0 unspecified atom stereocenters. The van der Waals surface area contributed by atoms with Gasteiger partial charge in [0.2, 0.25) is 5.91 Å². The summed E-state index contributed by atoms with van der Waals surface area (Å²) < 4.78 is 0. The minimum atomic E-state index is -0.600. The summed E-state index contributed by atoms with van der Waals surface area (Å²) in [6, 6.07) is 0.299. The third-order valence-electron chi connectivity index (χ3n) is 9.25. The lowest BCUT2D eigenvalue weighted by Gasteiger charge is -2.62. The van der Waals surface area contributed by atoms with E-state index in [1.54, 1.807) is 0 Å². The monoisotopic (exact) mass is 377 g/mol. The Hall–Kier alpha value is -1.10. The van der Waals surface area contributed by atoms with Crippen LogP contribution in [-0.2, 0) is 9.59 Å². The topological polar surface area (TPSA) is 77.8 Å². The van der Waals surface area contributed by atoms with Crippen LogP contribution in [-0.4, -0.2) is 46.2 Å². The van der Waals surface area contributed by atoms with Gasteiger partial charge in [0, 0.05) is 25.6 Å². The number of rotatable bonds is 4. The number of likely N-dealkylation sites (tertiary alicyclic amines) is 1. The molecule has 7 atom stereocenters. The molecule has 0 aromatic carbocycles. The van der Waals surface area contributed by atoms with Crippen molar-refractivity contribution in [2.45, 2.75) is 77.7 Å². The Morgan fingerprint density at radius 1 is 1.07 bits per heavy atom. The maximum absolute atomic E-state index is 12.6. The van der Waals surface area contributed by atoms with Crippen LogP contribution in [0.4, 0.5) is 0 Å². The van der Waals surface area contributed by atoms with E-state index < -0.39 is 5.97 Å². The van der Waals surface area contributed by atoms with Crippen LogP contribution in [0.15, 0.2) is 0 Å². The summed E-state index contributed by atoms with van der Waals surface area (Å²) in [5, 5.41) is 19.0. The van der Waals surface area contributed by atoms with Crippen LogP contribution in [0.1, 0.15) is 71.6 Å². The van der Waals surface area contributed by atoms with Crippen LogP contribution >= 0.6 is 0 Å². The van der Waals surface area contributed by atoms with Gasteiger partial charge in [-0.1, -0.05) is 13.8 Å². The van der Waals surface area contributed by atoms with Crippen molar-refractivity contribution in [2.24, 2.45) is 34.5 Å². The lowest BCUT2D eigenvalue weighted by Crippen LogP contribution is -2.62. The second kappa shape index (κ2) is 6.75. The first kappa shape index (κ1) is 19.2.